The first-order chi connectivity index (χ1) is 21.8. The van der Waals surface area contributed by atoms with Crippen molar-refractivity contribution in [1.29, 1.82) is 0 Å². The predicted octanol–water partition coefficient (Wildman–Crippen LogP) is 6.15. The zero-order valence-electron chi connectivity index (χ0n) is 27.1. The third kappa shape index (κ3) is 7.59. The lowest BCUT2D eigenvalue weighted by Crippen LogP contribution is -2.58. The van der Waals surface area contributed by atoms with E-state index in [4.69, 9.17) is 9.47 Å². The highest BCUT2D eigenvalue weighted by Gasteiger charge is 2.44. The van der Waals surface area contributed by atoms with Crippen LogP contribution in [0.1, 0.15) is 115 Å². The van der Waals surface area contributed by atoms with Crippen molar-refractivity contribution >= 4 is 28.9 Å². The van der Waals surface area contributed by atoms with E-state index in [1.807, 2.05) is 25.3 Å². The van der Waals surface area contributed by atoms with Crippen molar-refractivity contribution in [2.75, 3.05) is 7.11 Å². The molecule has 1 aromatic carbocycles. The van der Waals surface area contributed by atoms with Crippen LogP contribution in [0.3, 0.4) is 0 Å². The van der Waals surface area contributed by atoms with Crippen molar-refractivity contribution in [2.45, 2.75) is 122 Å². The van der Waals surface area contributed by atoms with Crippen LogP contribution in [-0.4, -0.2) is 48.6 Å². The van der Waals surface area contributed by atoms with Gasteiger partial charge in [-0.05, 0) is 54.9 Å². The lowest BCUT2D eigenvalue weighted by molar-refractivity contribution is -0.155. The van der Waals surface area contributed by atoms with Crippen molar-refractivity contribution in [3.8, 4) is 0 Å². The summed E-state index contributed by atoms with van der Waals surface area (Å²) in [5.74, 6) is -1.33. The van der Waals surface area contributed by atoms with Crippen LogP contribution in [0.2, 0.25) is 0 Å². The van der Waals surface area contributed by atoms with Gasteiger partial charge in [0.15, 0.2) is 5.78 Å². The summed E-state index contributed by atoms with van der Waals surface area (Å²) in [6, 6.07) is 7.48. The molecule has 1 saturated carbocycles. The van der Waals surface area contributed by atoms with E-state index in [0.717, 1.165) is 55.2 Å². The quantitative estimate of drug-likeness (QED) is 0.225. The van der Waals surface area contributed by atoms with Gasteiger partial charge in [0.2, 0.25) is 0 Å². The molecular formula is C37H50N2O6. The minimum absolute atomic E-state index is 0.0104. The van der Waals surface area contributed by atoms with E-state index in [-0.39, 0.29) is 53.7 Å². The van der Waals surface area contributed by atoms with Crippen LogP contribution < -0.4 is 10.6 Å². The molecule has 0 amide bonds. The molecule has 8 heteroatoms. The number of methoxy groups -OCH3 is 1. The maximum absolute atomic E-state index is 14.2. The molecule has 2 aliphatic heterocycles. The summed E-state index contributed by atoms with van der Waals surface area (Å²) in [5, 5.41) is 6.97. The van der Waals surface area contributed by atoms with E-state index in [1.165, 1.54) is 0 Å². The zero-order valence-corrected chi connectivity index (χ0v) is 27.1. The van der Waals surface area contributed by atoms with E-state index in [1.54, 1.807) is 7.11 Å². The topological polar surface area (TPSA) is 111 Å². The van der Waals surface area contributed by atoms with Gasteiger partial charge in [0, 0.05) is 50.8 Å². The molecule has 5 rings (SSSR count). The average molecular weight is 619 g/mol. The van der Waals surface area contributed by atoms with Gasteiger partial charge in [-0.25, -0.2) is 0 Å². The van der Waals surface area contributed by atoms with E-state index in [9.17, 15) is 19.2 Å². The number of nitrogens with one attached hydrogen (secondary N) is 2. The number of carbonyl (C=O) groups excluding carboxylic acids is 4. The van der Waals surface area contributed by atoms with Crippen LogP contribution in [0.4, 0.5) is 0 Å². The summed E-state index contributed by atoms with van der Waals surface area (Å²) in [6.07, 6.45) is 11.5. The lowest BCUT2D eigenvalue weighted by atomic mass is 9.70. The maximum atomic E-state index is 14.2. The average Bonchev–Trinajstić information content (AvgIpc) is 3.43. The Balaban J connectivity index is 1.45. The Labute approximate surface area is 267 Å². The molecule has 2 bridgehead atoms. The van der Waals surface area contributed by atoms with Crippen LogP contribution >= 0.6 is 0 Å². The second-order valence-corrected chi connectivity index (χ2v) is 13.2. The number of Topliss-reactive ketones (excluding diaryl/α,β-unsaturated/α-hetero) is 3. The Morgan fingerprint density at radius 2 is 1.80 bits per heavy atom. The Morgan fingerprint density at radius 1 is 1.02 bits per heavy atom. The first-order valence-corrected chi connectivity index (χ1v) is 17.2. The number of hydrogen-bond acceptors (Lipinski definition) is 8. The van der Waals surface area contributed by atoms with Crippen molar-refractivity contribution in [3.05, 3.63) is 53.4 Å². The number of cyclic esters (lactones) is 1. The van der Waals surface area contributed by atoms with Crippen molar-refractivity contribution in [2.24, 2.45) is 17.8 Å². The number of ether oxygens (including phenoxy) is 2. The molecule has 2 heterocycles. The molecule has 1 aromatic rings. The smallest absolute Gasteiger partial charge is 0.310 e. The molecule has 4 aliphatic rings. The van der Waals surface area contributed by atoms with E-state index >= 15 is 0 Å². The minimum Gasteiger partial charge on any atom is -0.455 e. The summed E-state index contributed by atoms with van der Waals surface area (Å²) in [4.78, 5) is 54.0. The predicted molar refractivity (Wildman–Crippen MR) is 173 cm³/mol. The van der Waals surface area contributed by atoms with Gasteiger partial charge >= 0.3 is 5.97 Å². The van der Waals surface area contributed by atoms with Gasteiger partial charge in [-0.15, -0.1) is 0 Å². The number of rotatable bonds is 11. The molecule has 0 aromatic heterocycles. The highest BCUT2D eigenvalue weighted by Crippen LogP contribution is 2.41. The Kier molecular flexibility index (Phi) is 11.3. The Morgan fingerprint density at radius 3 is 2.56 bits per heavy atom. The molecule has 0 spiro atoms. The van der Waals surface area contributed by atoms with Crippen LogP contribution in [0, 0.1) is 17.8 Å². The van der Waals surface area contributed by atoms with Gasteiger partial charge in [0.1, 0.15) is 29.8 Å². The number of fused-ring (bicyclic) bond motifs is 4. The van der Waals surface area contributed by atoms with E-state index < -0.39 is 18.1 Å². The first-order valence-electron chi connectivity index (χ1n) is 17.2. The Hall–Kier alpha value is -3.26. The molecule has 3 unspecified atom stereocenters. The number of carbonyl (C=O) groups is 4. The molecule has 1 saturated heterocycles. The number of esters is 1. The summed E-state index contributed by atoms with van der Waals surface area (Å²) in [5.41, 5.74) is 3.84. The van der Waals surface area contributed by atoms with Crippen molar-refractivity contribution < 1.29 is 28.7 Å². The van der Waals surface area contributed by atoms with E-state index in [0.29, 0.717) is 44.2 Å². The highest BCUT2D eigenvalue weighted by molar-refractivity contribution is 5.95. The molecule has 2 aliphatic carbocycles. The third-order valence-electron chi connectivity index (χ3n) is 10.4. The fourth-order valence-electron chi connectivity index (χ4n) is 7.70. The van der Waals surface area contributed by atoms with Gasteiger partial charge in [-0.1, -0.05) is 63.8 Å². The van der Waals surface area contributed by atoms with E-state index in [2.05, 4.69) is 35.8 Å². The van der Waals surface area contributed by atoms with Gasteiger partial charge in [-0.3, -0.25) is 19.2 Å². The number of ketones is 3. The molecular weight excluding hydrogens is 568 g/mol. The number of benzene rings is 1. The fraction of sp³-hybridized carbons (Fsp3) is 0.622. The zero-order chi connectivity index (χ0) is 31.9. The summed E-state index contributed by atoms with van der Waals surface area (Å²) < 4.78 is 12.1. The largest absolute Gasteiger partial charge is 0.455 e. The third-order valence-corrected chi connectivity index (χ3v) is 10.4. The molecule has 2 fully saturated rings. The normalized spacial score (nSPS) is 29.9. The number of unbranched alkanes of at least 4 members (excludes halogenated alkanes) is 2. The van der Waals surface area contributed by atoms with Crippen molar-refractivity contribution in [1.82, 2.24) is 10.6 Å². The minimum atomic E-state index is -0.672. The standard InChI is InChI=1S/C37H50N2O6/c1-4-25(40)14-8-6-7-13-23-19-32(41)27-16-10-12-18-29(27)36(42)35-30(5-2)38-22-31(39-35)34(45-37(23)43)21-24-20-33(44-3)28-17-11-9-15-26(24)28/h9,11,15,17,20,22-23,27,29-30,33-35,38-39H,4-8,10,12-14,16,18-19,21H2,1-3H3/t23-,27+,29?,30?,33?,34+,35+/m1/s1. The lowest BCUT2D eigenvalue weighted by Gasteiger charge is -2.40. The summed E-state index contributed by atoms with van der Waals surface area (Å²) in [6.45, 7) is 3.93. The van der Waals surface area contributed by atoms with Gasteiger partial charge < -0.3 is 20.1 Å². The molecule has 2 N–H and O–H groups in total. The molecule has 244 valence electrons. The molecule has 7 atom stereocenters. The van der Waals surface area contributed by atoms with Crippen LogP contribution in [0.15, 0.2) is 42.2 Å². The fourth-order valence-corrected chi connectivity index (χ4v) is 7.70. The van der Waals surface area contributed by atoms with Crippen LogP contribution in [0.25, 0.3) is 5.57 Å². The Bertz CT molecular complexity index is 1320. The SMILES string of the molecule is CCC(=O)CCCCC[C@@H]1CC(=O)[C@H]2CCCCC2C(=O)[C@H]2NC(=CNC2CC)[C@H](CC2=CC(OC)c3ccccc32)OC1=O. The van der Waals surface area contributed by atoms with Crippen LogP contribution in [-0.2, 0) is 28.7 Å². The first kappa shape index (κ1) is 33.1. The van der Waals surface area contributed by atoms with Crippen LogP contribution in [0.5, 0.6) is 0 Å². The van der Waals surface area contributed by atoms with Crippen molar-refractivity contribution in [3.63, 3.8) is 0 Å². The molecule has 45 heavy (non-hydrogen) atoms. The second kappa shape index (κ2) is 15.4. The maximum Gasteiger partial charge on any atom is 0.310 e. The molecule has 8 nitrogen and oxygen atoms in total. The summed E-state index contributed by atoms with van der Waals surface area (Å²) >= 11 is 0. The second-order valence-electron chi connectivity index (χ2n) is 13.2. The number of hydrogen-bond donors (Lipinski definition) is 2. The van der Waals surface area contributed by atoms with Gasteiger partial charge in [0.25, 0.3) is 0 Å². The summed E-state index contributed by atoms with van der Waals surface area (Å²) in [7, 11) is 1.69. The molecule has 0 radical (unpaired) electrons. The monoisotopic (exact) mass is 618 g/mol. The van der Waals surface area contributed by atoms with Gasteiger partial charge in [0.05, 0.1) is 17.7 Å². The highest BCUT2D eigenvalue weighted by atomic mass is 16.5. The van der Waals surface area contributed by atoms with Gasteiger partial charge in [-0.2, -0.15) is 0 Å².